The number of rotatable bonds is 4. The van der Waals surface area contributed by atoms with E-state index in [9.17, 15) is 4.79 Å². The number of morpholine rings is 1. The van der Waals surface area contributed by atoms with E-state index in [2.05, 4.69) is 4.98 Å². The predicted molar refractivity (Wildman–Crippen MR) is 83.6 cm³/mol. The molecule has 1 atom stereocenters. The van der Waals surface area contributed by atoms with Crippen LogP contribution < -0.4 is 4.74 Å². The summed E-state index contributed by atoms with van der Waals surface area (Å²) < 4.78 is 16.2. The van der Waals surface area contributed by atoms with Crippen LogP contribution in [0.5, 0.6) is 5.75 Å². The van der Waals surface area contributed by atoms with Crippen molar-refractivity contribution >= 4 is 5.91 Å². The summed E-state index contributed by atoms with van der Waals surface area (Å²) >= 11 is 0. The average Bonchev–Trinajstić information content (AvgIpc) is 3.01. The van der Waals surface area contributed by atoms with Crippen LogP contribution in [0.25, 0.3) is 0 Å². The molecule has 2 heterocycles. The lowest BCUT2D eigenvalue weighted by molar-refractivity contribution is -0.0218. The van der Waals surface area contributed by atoms with E-state index in [0.717, 1.165) is 17.7 Å². The molecule has 1 aliphatic heterocycles. The first-order valence-electron chi connectivity index (χ1n) is 7.61. The number of hydrogen-bond donors (Lipinski definition) is 0. The Hall–Kier alpha value is -2.34. The number of methoxy groups -OCH3 is 1. The van der Waals surface area contributed by atoms with Gasteiger partial charge in [-0.15, -0.1) is 0 Å². The highest BCUT2D eigenvalue weighted by Crippen LogP contribution is 2.18. The van der Waals surface area contributed by atoms with Crippen LogP contribution in [-0.2, 0) is 11.2 Å². The zero-order valence-electron chi connectivity index (χ0n) is 13.3. The van der Waals surface area contributed by atoms with Gasteiger partial charge in [0.1, 0.15) is 5.75 Å². The Balaban J connectivity index is 1.63. The third-order valence-electron chi connectivity index (χ3n) is 3.99. The van der Waals surface area contributed by atoms with Gasteiger partial charge in [-0.05, 0) is 24.6 Å². The van der Waals surface area contributed by atoms with Crippen LogP contribution >= 0.6 is 0 Å². The minimum atomic E-state index is -0.122. The van der Waals surface area contributed by atoms with Gasteiger partial charge in [0.15, 0.2) is 6.39 Å². The molecule has 0 bridgehead atoms. The first-order valence-corrected chi connectivity index (χ1v) is 7.61. The van der Waals surface area contributed by atoms with Gasteiger partial charge in [0.05, 0.1) is 25.5 Å². The molecule has 0 N–H and O–H groups in total. The maximum Gasteiger partial charge on any atom is 0.291 e. The Labute approximate surface area is 135 Å². The van der Waals surface area contributed by atoms with Gasteiger partial charge in [-0.1, -0.05) is 12.1 Å². The summed E-state index contributed by atoms with van der Waals surface area (Å²) in [6, 6.07) is 7.89. The molecule has 0 saturated carbocycles. The molecule has 0 spiro atoms. The molecule has 23 heavy (non-hydrogen) atoms. The minimum absolute atomic E-state index is 0.0238. The van der Waals surface area contributed by atoms with Gasteiger partial charge >= 0.3 is 0 Å². The minimum Gasteiger partial charge on any atom is -0.497 e. The molecule has 1 aromatic heterocycles. The van der Waals surface area contributed by atoms with E-state index in [1.165, 1.54) is 6.39 Å². The summed E-state index contributed by atoms with van der Waals surface area (Å²) in [6.07, 6.45) is 2.03. The predicted octanol–water partition coefficient (Wildman–Crippen LogP) is 2.08. The van der Waals surface area contributed by atoms with E-state index < -0.39 is 0 Å². The quantitative estimate of drug-likeness (QED) is 0.864. The number of benzene rings is 1. The SMILES string of the molecule is COc1ccc(CC2CN(C(=O)c3ocnc3C)CCO2)cc1. The maximum atomic E-state index is 12.5. The molecule has 6 nitrogen and oxygen atoms in total. The Morgan fingerprint density at radius 3 is 2.83 bits per heavy atom. The second kappa shape index (κ2) is 6.83. The van der Waals surface area contributed by atoms with Crippen molar-refractivity contribution in [3.05, 3.63) is 47.7 Å². The molecule has 1 saturated heterocycles. The molecule has 3 rings (SSSR count). The Kier molecular flexibility index (Phi) is 4.62. The number of carbonyl (C=O) groups is 1. The number of nitrogens with zero attached hydrogens (tertiary/aromatic N) is 2. The van der Waals surface area contributed by atoms with Gasteiger partial charge in [-0.3, -0.25) is 4.79 Å². The van der Waals surface area contributed by atoms with Crippen LogP contribution in [0.1, 0.15) is 21.8 Å². The summed E-state index contributed by atoms with van der Waals surface area (Å²) in [4.78, 5) is 18.2. The first-order chi connectivity index (χ1) is 11.2. The van der Waals surface area contributed by atoms with Crippen molar-refractivity contribution in [3.8, 4) is 5.75 Å². The highest BCUT2D eigenvalue weighted by Gasteiger charge is 2.28. The molecule has 2 aromatic rings. The van der Waals surface area contributed by atoms with E-state index in [-0.39, 0.29) is 12.0 Å². The Morgan fingerprint density at radius 1 is 1.39 bits per heavy atom. The molecule has 1 amide bonds. The van der Waals surface area contributed by atoms with E-state index in [1.807, 2.05) is 24.3 Å². The van der Waals surface area contributed by atoms with Crippen molar-refractivity contribution in [2.24, 2.45) is 0 Å². The number of aromatic nitrogens is 1. The molecule has 1 unspecified atom stereocenters. The molecule has 1 fully saturated rings. The van der Waals surface area contributed by atoms with Gasteiger partial charge in [-0.25, -0.2) is 4.98 Å². The van der Waals surface area contributed by atoms with Crippen molar-refractivity contribution in [2.75, 3.05) is 26.8 Å². The molecule has 6 heteroatoms. The number of oxazole rings is 1. The van der Waals surface area contributed by atoms with Gasteiger partial charge in [0.2, 0.25) is 5.76 Å². The van der Waals surface area contributed by atoms with Gasteiger partial charge in [0.25, 0.3) is 5.91 Å². The third-order valence-corrected chi connectivity index (χ3v) is 3.99. The second-order valence-electron chi connectivity index (χ2n) is 5.56. The highest BCUT2D eigenvalue weighted by molar-refractivity contribution is 5.92. The van der Waals surface area contributed by atoms with Crippen molar-refractivity contribution in [2.45, 2.75) is 19.4 Å². The Bertz CT molecular complexity index is 665. The van der Waals surface area contributed by atoms with Crippen LogP contribution in [0.4, 0.5) is 0 Å². The van der Waals surface area contributed by atoms with Gasteiger partial charge in [0, 0.05) is 19.5 Å². The Morgan fingerprint density at radius 2 is 2.17 bits per heavy atom. The summed E-state index contributed by atoms with van der Waals surface area (Å²) in [7, 11) is 1.65. The fraction of sp³-hybridized carbons (Fsp3) is 0.412. The largest absolute Gasteiger partial charge is 0.497 e. The zero-order chi connectivity index (χ0) is 16.2. The lowest BCUT2D eigenvalue weighted by atomic mass is 10.1. The van der Waals surface area contributed by atoms with Crippen LogP contribution in [0.15, 0.2) is 35.1 Å². The standard InChI is InChI=1S/C17H20N2O4/c1-12-16(23-11-18-12)17(20)19-7-8-22-15(10-19)9-13-3-5-14(21-2)6-4-13/h3-6,11,15H,7-10H2,1-2H3. The van der Waals surface area contributed by atoms with Crippen molar-refractivity contribution in [3.63, 3.8) is 0 Å². The van der Waals surface area contributed by atoms with Crippen LogP contribution in [0.2, 0.25) is 0 Å². The molecule has 122 valence electrons. The number of aryl methyl sites for hydroxylation is 1. The second-order valence-corrected chi connectivity index (χ2v) is 5.56. The molecule has 0 aliphatic carbocycles. The summed E-state index contributed by atoms with van der Waals surface area (Å²) in [5, 5.41) is 0. The summed E-state index contributed by atoms with van der Waals surface area (Å²) in [5.74, 6) is 1.02. The molecule has 0 radical (unpaired) electrons. The lowest BCUT2D eigenvalue weighted by Gasteiger charge is -2.32. The number of carbonyl (C=O) groups excluding carboxylic acids is 1. The van der Waals surface area contributed by atoms with Crippen molar-refractivity contribution < 1.29 is 18.7 Å². The van der Waals surface area contributed by atoms with Gasteiger partial charge < -0.3 is 18.8 Å². The van der Waals surface area contributed by atoms with Crippen LogP contribution in [0, 0.1) is 6.92 Å². The molecule has 1 aliphatic rings. The number of ether oxygens (including phenoxy) is 2. The topological polar surface area (TPSA) is 64.8 Å². The molecular weight excluding hydrogens is 296 g/mol. The van der Waals surface area contributed by atoms with E-state index in [1.54, 1.807) is 18.9 Å². The fourth-order valence-corrected chi connectivity index (χ4v) is 2.70. The van der Waals surface area contributed by atoms with E-state index >= 15 is 0 Å². The first kappa shape index (κ1) is 15.6. The van der Waals surface area contributed by atoms with Crippen molar-refractivity contribution in [1.82, 2.24) is 9.88 Å². The average molecular weight is 316 g/mol. The van der Waals surface area contributed by atoms with Crippen molar-refractivity contribution in [1.29, 1.82) is 0 Å². The maximum absolute atomic E-state index is 12.5. The van der Waals surface area contributed by atoms with Crippen LogP contribution in [0.3, 0.4) is 0 Å². The lowest BCUT2D eigenvalue weighted by Crippen LogP contribution is -2.46. The van der Waals surface area contributed by atoms with Gasteiger partial charge in [-0.2, -0.15) is 0 Å². The van der Waals surface area contributed by atoms with E-state index in [0.29, 0.717) is 31.2 Å². The number of amides is 1. The van der Waals surface area contributed by atoms with Crippen LogP contribution in [-0.4, -0.2) is 48.7 Å². The molecule has 1 aromatic carbocycles. The highest BCUT2D eigenvalue weighted by atomic mass is 16.5. The fourth-order valence-electron chi connectivity index (χ4n) is 2.70. The summed E-state index contributed by atoms with van der Waals surface area (Å²) in [6.45, 7) is 3.41. The zero-order valence-corrected chi connectivity index (χ0v) is 13.3. The third kappa shape index (κ3) is 3.53. The molecular formula is C17H20N2O4. The normalized spacial score (nSPS) is 18.0. The number of hydrogen-bond acceptors (Lipinski definition) is 5. The monoisotopic (exact) mass is 316 g/mol. The smallest absolute Gasteiger partial charge is 0.291 e. The summed E-state index contributed by atoms with van der Waals surface area (Å²) in [5.41, 5.74) is 1.77. The van der Waals surface area contributed by atoms with E-state index in [4.69, 9.17) is 13.9 Å².